The Hall–Kier alpha value is -7.84. The summed E-state index contributed by atoms with van der Waals surface area (Å²) in [4.78, 5) is 65.6. The van der Waals surface area contributed by atoms with Crippen molar-refractivity contribution >= 4 is 29.1 Å². The second-order valence-corrected chi connectivity index (χ2v) is 14.7. The molecule has 6 rings (SSSR count). The summed E-state index contributed by atoms with van der Waals surface area (Å²) >= 11 is 0. The van der Waals surface area contributed by atoms with E-state index in [1.165, 1.54) is 32.2 Å². The van der Waals surface area contributed by atoms with Crippen LogP contribution in [-0.4, -0.2) is 110 Å². The van der Waals surface area contributed by atoms with Gasteiger partial charge in [-0.15, -0.1) is 11.3 Å². The minimum atomic E-state index is -0.948. The molecule has 0 saturated carbocycles. The first-order valence-electron chi connectivity index (χ1n) is 20.8. The molecule has 3 aliphatic rings. The first-order valence-corrected chi connectivity index (χ1v) is 20.8. The van der Waals surface area contributed by atoms with Crippen molar-refractivity contribution in [3.05, 3.63) is 109 Å². The van der Waals surface area contributed by atoms with E-state index in [1.54, 1.807) is 21.6 Å². The number of amides is 3. The average Bonchev–Trinajstić information content (AvgIpc) is 3.27. The molecule has 3 saturated heterocycles. The Morgan fingerprint density at radius 2 is 0.972 bits per heavy atom. The smallest absolute Gasteiger partial charge is 0.276 e. The second kappa shape index (κ2) is 37.0. The van der Waals surface area contributed by atoms with Gasteiger partial charge in [-0.1, -0.05) is 28.2 Å². The third-order valence-corrected chi connectivity index (χ3v) is 9.38. The van der Waals surface area contributed by atoms with E-state index < -0.39 is 44.6 Å². The number of hydrogen-bond donors (Lipinski definition) is 2. The molecule has 2 N–H and O–H groups in total. The fraction of sp³-hybridized carbons (Fsp3) is 0.449. The number of likely N-dealkylation sites (tertiary alicyclic amines) is 3. The number of carbonyl (C=O) groups is 3. The van der Waals surface area contributed by atoms with Crippen molar-refractivity contribution in [2.75, 3.05) is 39.3 Å². The molecule has 3 aliphatic heterocycles. The van der Waals surface area contributed by atoms with Crippen LogP contribution in [0, 0.1) is 90.2 Å². The highest BCUT2D eigenvalue weighted by Gasteiger charge is 2.25. The first kappa shape index (κ1) is 68.4. The molecule has 0 aliphatic carbocycles. The first-order chi connectivity index (χ1) is 32.6. The van der Waals surface area contributed by atoms with Crippen molar-refractivity contribution in [1.29, 1.82) is 0 Å². The van der Waals surface area contributed by atoms with Gasteiger partial charge in [0.2, 0.25) is 17.7 Å². The number of β-amino-alcohol motifs (C(OH)–C–C–N with tert-alkyl or cyclic N) is 1. The third-order valence-electron chi connectivity index (χ3n) is 9.38. The van der Waals surface area contributed by atoms with E-state index in [4.69, 9.17) is 31.1 Å². The zero-order chi connectivity index (χ0) is 52.1. The normalized spacial score (nSPS) is 15.8. The van der Waals surface area contributed by atoms with Crippen LogP contribution in [0.5, 0.6) is 11.5 Å². The lowest BCUT2D eigenvalue weighted by Crippen LogP contribution is -2.43. The number of nitro benzene ring substituents is 2. The molecule has 0 unspecified atom stereocenters. The van der Waals surface area contributed by atoms with Crippen molar-refractivity contribution in [3.8, 4) is 47.5 Å². The van der Waals surface area contributed by atoms with Crippen LogP contribution >= 0.6 is 0 Å². The van der Waals surface area contributed by atoms with E-state index in [9.17, 15) is 56.6 Å². The van der Waals surface area contributed by atoms with Gasteiger partial charge in [0.25, 0.3) is 11.4 Å². The predicted octanol–water partition coefficient (Wildman–Crippen LogP) is 10.0. The number of non-ortho nitro benzene ring substituents is 2. The highest BCUT2D eigenvalue weighted by Crippen LogP contribution is 2.25. The molecule has 404 valence electrons. The Kier molecular flexibility index (Phi) is 35.2. The molecule has 3 atom stereocenters. The minimum absolute atomic E-state index is 0. The zero-order valence-corrected chi connectivity index (χ0v) is 38.0. The molecule has 18 nitrogen and oxygen atoms in total. The number of rotatable bonds is 6. The topological polar surface area (TPSA) is 236 Å². The highest BCUT2D eigenvalue weighted by molar-refractivity contribution is 5.74. The van der Waals surface area contributed by atoms with Gasteiger partial charge in [-0.05, 0) is 69.1 Å². The van der Waals surface area contributed by atoms with Gasteiger partial charge in [-0.3, -0.25) is 34.6 Å². The molecule has 0 radical (unpaired) electrons. The van der Waals surface area contributed by atoms with Crippen LogP contribution in [0.4, 0.5) is 33.3 Å². The largest absolute Gasteiger partial charge is 0.488 e. The molecule has 72 heavy (non-hydrogen) atoms. The van der Waals surface area contributed by atoms with E-state index in [1.807, 2.05) is 0 Å². The lowest BCUT2D eigenvalue weighted by Gasteiger charge is -2.32. The number of nitro groups is 2. The van der Waals surface area contributed by atoms with Gasteiger partial charge >= 0.3 is 0 Å². The van der Waals surface area contributed by atoms with E-state index >= 15 is 0 Å². The van der Waals surface area contributed by atoms with Crippen molar-refractivity contribution in [2.24, 2.45) is 5.34 Å². The number of ether oxygens (including phenoxy) is 2. The molecule has 0 spiro atoms. The Morgan fingerprint density at radius 3 is 1.31 bits per heavy atom. The Bertz CT molecular complexity index is 2370. The minimum Gasteiger partial charge on any atom is -0.488 e. The maximum absolute atomic E-state index is 13.3. The highest BCUT2D eigenvalue weighted by atomic mass is 19.1. The summed E-state index contributed by atoms with van der Waals surface area (Å²) in [5.41, 5.74) is -0.929. The molecule has 3 aromatic rings. The van der Waals surface area contributed by atoms with Crippen LogP contribution < -0.4 is 9.47 Å². The molecule has 3 fully saturated rings. The molecule has 3 aromatic carbocycles. The Morgan fingerprint density at radius 1 is 0.639 bits per heavy atom. The number of nitrogens with zero attached hydrogens (tertiary/aromatic N) is 6. The van der Waals surface area contributed by atoms with Crippen molar-refractivity contribution in [2.45, 2.75) is 107 Å². The summed E-state index contributed by atoms with van der Waals surface area (Å²) in [6.07, 6.45) is 8.92. The van der Waals surface area contributed by atoms with Crippen LogP contribution in [0.1, 0.15) is 94.2 Å². The third kappa shape index (κ3) is 28.6. The standard InChI is InChI=1S/C13H15F2NO2.C13H15FN2O4.C7H13NO2.C7H4.C6H3F2NO2.3CH4.HNO2.4H2/c1-9(17)16-4-2-3-12(8-16)18-13-6-10(14)5-11(15)7-13;1-9(17)15-4-2-3-12(8-15)20-13-6-10(14)5-11(7-13)16(18)19;1-6(9)8-4-2-3-7(10)5-8;1-3-5-7-6-4-2;7-4-1-5(8)3-6(2-4)9(10)11;;;;2-1-3;;;;/h5-7,12H,2-4,8H2,1H3;5-7,12H,2-4,8H2,1H3;7,10H,2-5H2,1H3;1H,2H3;1-3H;3*1H4;(H,2,3);4*1H/t2*12-;7-;;;;;;;;;;/m111........../s1. The van der Waals surface area contributed by atoms with Crippen LogP contribution in [0.15, 0.2) is 59.9 Å². The van der Waals surface area contributed by atoms with Crippen LogP contribution in [0.3, 0.4) is 0 Å². The number of piperidine rings is 3. The quantitative estimate of drug-likeness (QED) is 0.0771. The maximum atomic E-state index is 13.3. The van der Waals surface area contributed by atoms with E-state index in [0.29, 0.717) is 50.9 Å². The molecule has 0 bridgehead atoms. The molecular formula is C49H71F5N6O12. The molecule has 3 amide bonds. The Labute approximate surface area is 422 Å². The summed E-state index contributed by atoms with van der Waals surface area (Å²) in [5.74, 6) is 8.38. The van der Waals surface area contributed by atoms with E-state index in [2.05, 4.69) is 29.6 Å². The van der Waals surface area contributed by atoms with E-state index in [0.717, 1.165) is 75.4 Å². The van der Waals surface area contributed by atoms with Gasteiger partial charge < -0.3 is 34.5 Å². The number of carbonyl (C=O) groups excluding carboxylic acids is 3. The van der Waals surface area contributed by atoms with Crippen molar-refractivity contribution < 1.29 is 71.7 Å². The number of terminal acetylenes is 1. The summed E-state index contributed by atoms with van der Waals surface area (Å²) in [6, 6.07) is 8.13. The maximum Gasteiger partial charge on any atom is 0.276 e. The summed E-state index contributed by atoms with van der Waals surface area (Å²) in [5, 5.41) is 37.7. The SMILES string of the molecule is C.C.C.C#CC#CC#CC.CC(=O)N1CCC[C@@H](O)C1.CC(=O)N1CCC[C@@H](Oc2cc(F)cc(F)c2)C1.CC(=O)N1CCC[C@@H](Oc2cc(F)cc([N+](=O)[O-])c2)C1.O=NO.O=[N+]([O-])c1cc(F)cc(F)c1.[HH].[HH].[HH].[HH]. The summed E-state index contributed by atoms with van der Waals surface area (Å²) in [6.45, 7) is 9.85. The van der Waals surface area contributed by atoms with Crippen molar-refractivity contribution in [1.82, 2.24) is 14.7 Å². The van der Waals surface area contributed by atoms with Gasteiger partial charge in [0, 0.05) is 83.0 Å². The van der Waals surface area contributed by atoms with Gasteiger partial charge in [-0.2, -0.15) is 0 Å². The molecule has 23 heteroatoms. The van der Waals surface area contributed by atoms with Crippen molar-refractivity contribution in [3.63, 3.8) is 0 Å². The summed E-state index contributed by atoms with van der Waals surface area (Å²) in [7, 11) is 0. The van der Waals surface area contributed by atoms with Gasteiger partial charge in [0.1, 0.15) is 52.8 Å². The van der Waals surface area contributed by atoms with Gasteiger partial charge in [0.05, 0.1) is 53.3 Å². The van der Waals surface area contributed by atoms with Gasteiger partial charge in [0.15, 0.2) is 5.34 Å². The van der Waals surface area contributed by atoms with E-state index in [-0.39, 0.29) is 81.2 Å². The Balaban J connectivity index is -0.000000157. The lowest BCUT2D eigenvalue weighted by molar-refractivity contribution is -0.385. The number of aliphatic hydroxyl groups is 1. The van der Waals surface area contributed by atoms with Crippen LogP contribution in [-0.2, 0) is 14.4 Å². The second-order valence-electron chi connectivity index (χ2n) is 14.7. The monoisotopic (exact) mass is 1030 g/mol. The number of hydrogen-bond acceptors (Lipinski definition) is 12. The zero-order valence-electron chi connectivity index (χ0n) is 38.0. The molecule has 3 heterocycles. The van der Waals surface area contributed by atoms with Gasteiger partial charge in [-0.25, -0.2) is 22.0 Å². The molecule has 0 aromatic heterocycles. The summed E-state index contributed by atoms with van der Waals surface area (Å²) < 4.78 is 74.9. The number of halogens is 5. The predicted molar refractivity (Wildman–Crippen MR) is 268 cm³/mol. The number of aliphatic hydroxyl groups excluding tert-OH is 1. The van der Waals surface area contributed by atoms with Crippen LogP contribution in [0.2, 0.25) is 0 Å². The fourth-order valence-corrected chi connectivity index (χ4v) is 6.36. The number of benzene rings is 3. The molecular weight excluding hydrogens is 960 g/mol. The average molecular weight is 1030 g/mol. The van der Waals surface area contributed by atoms with Crippen LogP contribution in [0.25, 0.3) is 0 Å². The fourth-order valence-electron chi connectivity index (χ4n) is 6.36. The lowest BCUT2D eigenvalue weighted by atomic mass is 10.1.